The largest absolute Gasteiger partial charge is 0.490 e. The van der Waals surface area contributed by atoms with Crippen LogP contribution in [0.4, 0.5) is 30.7 Å². The van der Waals surface area contributed by atoms with E-state index >= 15 is 0 Å². The fraction of sp³-hybridized carbons (Fsp3) is 0.471. The van der Waals surface area contributed by atoms with Crippen LogP contribution >= 0.6 is 0 Å². The van der Waals surface area contributed by atoms with Crippen molar-refractivity contribution in [3.8, 4) is 0 Å². The number of likely N-dealkylation sites (tertiary alicyclic amines) is 1. The van der Waals surface area contributed by atoms with Crippen LogP contribution in [0.15, 0.2) is 18.2 Å². The summed E-state index contributed by atoms with van der Waals surface area (Å²) in [5.74, 6) is -6.11. The van der Waals surface area contributed by atoms with E-state index in [4.69, 9.17) is 9.90 Å². The molecule has 0 aromatic heterocycles. The lowest BCUT2D eigenvalue weighted by molar-refractivity contribution is -0.192. The second-order valence-corrected chi connectivity index (χ2v) is 7.20. The molecule has 1 aromatic rings. The smallest absolute Gasteiger partial charge is 0.481 e. The normalized spacial score (nSPS) is 25.3. The van der Waals surface area contributed by atoms with E-state index in [1.807, 2.05) is 0 Å². The summed E-state index contributed by atoms with van der Waals surface area (Å²) in [5.41, 5.74) is -4.15. The monoisotopic (exact) mass is 461 g/mol. The van der Waals surface area contributed by atoms with E-state index in [-0.39, 0.29) is 31.6 Å². The summed E-state index contributed by atoms with van der Waals surface area (Å²) in [4.78, 5) is 33.1. The maximum absolute atomic E-state index is 13.8. The Morgan fingerprint density at radius 1 is 0.935 bits per heavy atom. The van der Waals surface area contributed by atoms with Gasteiger partial charge in [-0.1, -0.05) is 0 Å². The van der Waals surface area contributed by atoms with Gasteiger partial charge in [-0.05, 0) is 24.6 Å². The number of nitrogens with zero attached hydrogens (tertiary/aromatic N) is 1. The van der Waals surface area contributed by atoms with Crippen LogP contribution in [-0.4, -0.2) is 57.4 Å². The third-order valence-electron chi connectivity index (χ3n) is 5.21. The predicted molar refractivity (Wildman–Crippen MR) is 85.1 cm³/mol. The van der Waals surface area contributed by atoms with Crippen LogP contribution in [-0.2, 0) is 27.1 Å². The molecule has 2 aliphatic rings. The molecular weight excluding hydrogens is 447 g/mol. The van der Waals surface area contributed by atoms with Crippen molar-refractivity contribution >= 4 is 17.9 Å². The standard InChI is InChI=1S/C15H13F4NO4.C2HF3O2/c16-10-2-1-9(15(17,18)19)3-8(10)4-20-6-13(11(21)22)5-14(13,7-20)12(23)24;3-2(4,5)1(6)7/h1-3H,4-7H2,(H,21,22)(H,23,24);(H,6,7)/t13-,14+;. The Morgan fingerprint density at radius 2 is 1.39 bits per heavy atom. The van der Waals surface area contributed by atoms with Gasteiger partial charge in [0.15, 0.2) is 0 Å². The van der Waals surface area contributed by atoms with E-state index in [9.17, 15) is 50.5 Å². The second kappa shape index (κ2) is 7.66. The van der Waals surface area contributed by atoms with Gasteiger partial charge in [0, 0.05) is 25.2 Å². The zero-order chi connectivity index (χ0) is 24.0. The number of halogens is 7. The van der Waals surface area contributed by atoms with E-state index in [2.05, 4.69) is 0 Å². The molecule has 1 saturated heterocycles. The Bertz CT molecular complexity index is 887. The highest BCUT2D eigenvalue weighted by molar-refractivity contribution is 5.94. The van der Waals surface area contributed by atoms with Gasteiger partial charge in [-0.2, -0.15) is 26.3 Å². The molecule has 2 atom stereocenters. The summed E-state index contributed by atoms with van der Waals surface area (Å²) < 4.78 is 83.7. The van der Waals surface area contributed by atoms with Gasteiger partial charge in [-0.15, -0.1) is 0 Å². The number of hydrogen-bond acceptors (Lipinski definition) is 4. The Hall–Kier alpha value is -2.90. The first kappa shape index (κ1) is 24.4. The molecule has 31 heavy (non-hydrogen) atoms. The van der Waals surface area contributed by atoms with Gasteiger partial charge < -0.3 is 15.3 Å². The third-order valence-corrected chi connectivity index (χ3v) is 5.21. The molecule has 0 radical (unpaired) electrons. The number of hydrogen-bond donors (Lipinski definition) is 3. The number of rotatable bonds is 4. The summed E-state index contributed by atoms with van der Waals surface area (Å²) in [7, 11) is 0. The Kier molecular flexibility index (Phi) is 6.02. The fourth-order valence-corrected chi connectivity index (χ4v) is 3.63. The predicted octanol–water partition coefficient (Wildman–Crippen LogP) is 2.84. The number of aliphatic carboxylic acids is 3. The average molecular weight is 461 g/mol. The van der Waals surface area contributed by atoms with Gasteiger partial charge in [0.2, 0.25) is 0 Å². The zero-order valence-corrected chi connectivity index (χ0v) is 15.2. The van der Waals surface area contributed by atoms with Crippen molar-refractivity contribution in [3.63, 3.8) is 0 Å². The number of alkyl halides is 6. The Morgan fingerprint density at radius 3 is 1.74 bits per heavy atom. The lowest BCUT2D eigenvalue weighted by Crippen LogP contribution is -2.28. The molecule has 1 saturated carbocycles. The molecule has 14 heteroatoms. The van der Waals surface area contributed by atoms with Gasteiger partial charge in [-0.3, -0.25) is 14.5 Å². The van der Waals surface area contributed by atoms with Gasteiger partial charge in [0.1, 0.15) is 5.82 Å². The molecule has 2 fully saturated rings. The molecule has 7 nitrogen and oxygen atoms in total. The van der Waals surface area contributed by atoms with E-state index in [0.717, 1.165) is 0 Å². The van der Waals surface area contributed by atoms with Crippen molar-refractivity contribution in [1.82, 2.24) is 4.90 Å². The fourth-order valence-electron chi connectivity index (χ4n) is 3.63. The van der Waals surface area contributed by atoms with E-state index in [1.165, 1.54) is 4.90 Å². The molecule has 1 aromatic carbocycles. The van der Waals surface area contributed by atoms with Gasteiger partial charge in [0.05, 0.1) is 16.4 Å². The number of carbonyl (C=O) groups is 3. The van der Waals surface area contributed by atoms with Crippen molar-refractivity contribution in [2.45, 2.75) is 25.3 Å². The molecule has 1 heterocycles. The number of carboxylic acid groups (broad SMARTS) is 3. The minimum atomic E-state index is -5.08. The first-order chi connectivity index (χ1) is 14.0. The second-order valence-electron chi connectivity index (χ2n) is 7.20. The van der Waals surface area contributed by atoms with Crippen LogP contribution < -0.4 is 0 Å². The molecule has 0 unspecified atom stereocenters. The highest BCUT2D eigenvalue weighted by Crippen LogP contribution is 2.68. The molecule has 1 aliphatic heterocycles. The minimum Gasteiger partial charge on any atom is -0.481 e. The summed E-state index contributed by atoms with van der Waals surface area (Å²) in [5, 5.41) is 25.7. The zero-order valence-electron chi connectivity index (χ0n) is 15.2. The van der Waals surface area contributed by atoms with E-state index in [0.29, 0.717) is 18.2 Å². The molecule has 0 bridgehead atoms. The first-order valence-electron chi connectivity index (χ1n) is 8.31. The summed E-state index contributed by atoms with van der Waals surface area (Å²) in [6, 6.07) is 1.99. The van der Waals surface area contributed by atoms with Crippen LogP contribution in [0.2, 0.25) is 0 Å². The SMILES string of the molecule is O=C(O)C(F)(F)F.O=C(O)[C@@]12CN(Cc3cc(C(F)(F)F)ccc3F)C[C@]1(C(=O)O)C2. The molecular formula is C17H14F7NO6. The summed E-state index contributed by atoms with van der Waals surface area (Å²) >= 11 is 0. The number of piperidine rings is 1. The van der Waals surface area contributed by atoms with Crippen molar-refractivity contribution in [3.05, 3.63) is 35.1 Å². The maximum Gasteiger partial charge on any atom is 0.490 e. The van der Waals surface area contributed by atoms with E-state index in [1.54, 1.807) is 0 Å². The van der Waals surface area contributed by atoms with Crippen molar-refractivity contribution in [1.29, 1.82) is 0 Å². The first-order valence-corrected chi connectivity index (χ1v) is 8.31. The van der Waals surface area contributed by atoms with Crippen LogP contribution in [0.1, 0.15) is 17.5 Å². The summed E-state index contributed by atoms with van der Waals surface area (Å²) in [6.45, 7) is -0.547. The van der Waals surface area contributed by atoms with Crippen LogP contribution in [0.5, 0.6) is 0 Å². The van der Waals surface area contributed by atoms with Crippen LogP contribution in [0.3, 0.4) is 0 Å². The van der Waals surface area contributed by atoms with Gasteiger partial charge in [-0.25, -0.2) is 9.18 Å². The molecule has 172 valence electrons. The molecule has 1 aliphatic carbocycles. The van der Waals surface area contributed by atoms with Crippen molar-refractivity contribution in [2.75, 3.05) is 13.1 Å². The molecule has 3 rings (SSSR count). The van der Waals surface area contributed by atoms with Gasteiger partial charge >= 0.3 is 30.3 Å². The number of benzene rings is 1. The number of fused-ring (bicyclic) bond motifs is 1. The third kappa shape index (κ3) is 4.57. The van der Waals surface area contributed by atoms with Crippen molar-refractivity contribution < 1.29 is 60.4 Å². The number of carboxylic acids is 3. The van der Waals surface area contributed by atoms with Gasteiger partial charge in [0.25, 0.3) is 0 Å². The topological polar surface area (TPSA) is 115 Å². The van der Waals surface area contributed by atoms with E-state index < -0.39 is 52.5 Å². The molecule has 0 amide bonds. The Labute approximate surface area is 168 Å². The average Bonchev–Trinajstić information content (AvgIpc) is 3.15. The van der Waals surface area contributed by atoms with Crippen LogP contribution in [0.25, 0.3) is 0 Å². The lowest BCUT2D eigenvalue weighted by atomic mass is 9.97. The molecule has 0 spiro atoms. The lowest BCUT2D eigenvalue weighted by Gasteiger charge is -2.20. The quantitative estimate of drug-likeness (QED) is 0.591. The maximum atomic E-state index is 13.8. The summed E-state index contributed by atoms with van der Waals surface area (Å²) in [6.07, 6.45) is -9.73. The van der Waals surface area contributed by atoms with Crippen molar-refractivity contribution in [2.24, 2.45) is 10.8 Å². The molecule has 3 N–H and O–H groups in total. The van der Waals surface area contributed by atoms with Crippen LogP contribution in [0, 0.1) is 16.6 Å². The Balaban J connectivity index is 0.000000423. The minimum absolute atomic E-state index is 0.0216. The highest BCUT2D eigenvalue weighted by Gasteiger charge is 2.80. The highest BCUT2D eigenvalue weighted by atomic mass is 19.4.